The summed E-state index contributed by atoms with van der Waals surface area (Å²) in [5.41, 5.74) is 3.57. The number of rotatable bonds is 4. The summed E-state index contributed by atoms with van der Waals surface area (Å²) in [6.45, 7) is 6.95. The molecule has 4 rings (SSSR count). The Labute approximate surface area is 155 Å². The maximum atomic E-state index is 12.7. The first-order valence-electron chi connectivity index (χ1n) is 9.54. The van der Waals surface area contributed by atoms with E-state index in [1.165, 1.54) is 11.1 Å². The molecular weight excluding hydrogens is 326 g/mol. The van der Waals surface area contributed by atoms with Crippen molar-refractivity contribution in [3.63, 3.8) is 0 Å². The monoisotopic (exact) mass is 353 g/mol. The largest absolute Gasteiger partial charge is 0.437 e. The second kappa shape index (κ2) is 6.88. The van der Waals surface area contributed by atoms with E-state index >= 15 is 0 Å². The number of carbonyl (C=O) groups excluding carboxylic acids is 1. The standard InChI is InChI=1S/C21H27N3O2/c1-14-10-17(11-14)23(3)21(25)20-22-18-13-24(9-8-19(18)26-20)12-16-7-5-4-6-15(16)2/h4-7,14,17H,8-13H2,1-3H3. The smallest absolute Gasteiger partial charge is 0.309 e. The molecule has 2 aromatic rings. The number of nitrogens with zero attached hydrogens (tertiary/aromatic N) is 3. The van der Waals surface area contributed by atoms with Gasteiger partial charge in [0.2, 0.25) is 0 Å². The molecule has 26 heavy (non-hydrogen) atoms. The molecule has 1 saturated carbocycles. The SMILES string of the molecule is Cc1ccccc1CN1CCc2oc(C(=O)N(C)C3CC(C)C3)nc2C1. The maximum Gasteiger partial charge on any atom is 0.309 e. The Hall–Kier alpha value is -2.14. The summed E-state index contributed by atoms with van der Waals surface area (Å²) in [6, 6.07) is 8.81. The molecule has 1 aromatic carbocycles. The molecule has 0 saturated heterocycles. The molecule has 0 bridgehead atoms. The predicted octanol–water partition coefficient (Wildman–Crippen LogP) is 3.41. The summed E-state index contributed by atoms with van der Waals surface area (Å²) in [4.78, 5) is 21.4. The van der Waals surface area contributed by atoms with Gasteiger partial charge < -0.3 is 9.32 Å². The van der Waals surface area contributed by atoms with Crippen molar-refractivity contribution < 1.29 is 9.21 Å². The fourth-order valence-corrected chi connectivity index (χ4v) is 4.00. The van der Waals surface area contributed by atoms with E-state index < -0.39 is 0 Å². The molecule has 1 amide bonds. The molecular formula is C21H27N3O2. The Morgan fingerprint density at radius 2 is 2.12 bits per heavy atom. The fraction of sp³-hybridized carbons (Fsp3) is 0.524. The van der Waals surface area contributed by atoms with Gasteiger partial charge in [-0.25, -0.2) is 4.98 Å². The van der Waals surface area contributed by atoms with E-state index in [0.29, 0.717) is 12.0 Å². The van der Waals surface area contributed by atoms with Gasteiger partial charge in [-0.2, -0.15) is 0 Å². The highest BCUT2D eigenvalue weighted by molar-refractivity contribution is 5.89. The van der Waals surface area contributed by atoms with Crippen molar-refractivity contribution in [1.82, 2.24) is 14.8 Å². The maximum absolute atomic E-state index is 12.7. The number of fused-ring (bicyclic) bond motifs is 1. The third kappa shape index (κ3) is 3.28. The van der Waals surface area contributed by atoms with Crippen LogP contribution < -0.4 is 0 Å². The second-order valence-electron chi connectivity index (χ2n) is 7.92. The van der Waals surface area contributed by atoms with Crippen LogP contribution in [0, 0.1) is 12.8 Å². The highest BCUT2D eigenvalue weighted by Gasteiger charge is 2.34. The summed E-state index contributed by atoms with van der Waals surface area (Å²) in [5.74, 6) is 1.77. The number of amides is 1. The number of benzene rings is 1. The van der Waals surface area contributed by atoms with Crippen molar-refractivity contribution in [3.8, 4) is 0 Å². The normalized spacial score (nSPS) is 22.6. The van der Waals surface area contributed by atoms with Gasteiger partial charge in [0.25, 0.3) is 5.89 Å². The minimum atomic E-state index is -0.0817. The van der Waals surface area contributed by atoms with Crippen molar-refractivity contribution in [3.05, 3.63) is 52.7 Å². The van der Waals surface area contributed by atoms with Gasteiger partial charge in [-0.1, -0.05) is 31.2 Å². The highest BCUT2D eigenvalue weighted by atomic mass is 16.4. The van der Waals surface area contributed by atoms with E-state index in [0.717, 1.165) is 50.4 Å². The van der Waals surface area contributed by atoms with Gasteiger partial charge in [-0.05, 0) is 36.8 Å². The van der Waals surface area contributed by atoms with Crippen LogP contribution in [0.4, 0.5) is 0 Å². The van der Waals surface area contributed by atoms with E-state index in [4.69, 9.17) is 4.42 Å². The number of carbonyl (C=O) groups is 1. The topological polar surface area (TPSA) is 49.6 Å². The molecule has 2 heterocycles. The molecule has 1 fully saturated rings. The lowest BCUT2D eigenvalue weighted by atomic mass is 9.81. The predicted molar refractivity (Wildman–Crippen MR) is 99.8 cm³/mol. The molecule has 1 aromatic heterocycles. The fourth-order valence-electron chi connectivity index (χ4n) is 4.00. The molecule has 0 unspecified atom stereocenters. The van der Waals surface area contributed by atoms with Gasteiger partial charge in [0.15, 0.2) is 0 Å². The summed E-state index contributed by atoms with van der Waals surface area (Å²) >= 11 is 0. The van der Waals surface area contributed by atoms with Crippen LogP contribution in [0.15, 0.2) is 28.7 Å². The third-order valence-electron chi connectivity index (χ3n) is 5.86. The Kier molecular flexibility index (Phi) is 4.57. The minimum Gasteiger partial charge on any atom is -0.437 e. The van der Waals surface area contributed by atoms with Crippen LogP contribution in [-0.4, -0.2) is 40.3 Å². The first kappa shape index (κ1) is 17.3. The van der Waals surface area contributed by atoms with Crippen molar-refractivity contribution >= 4 is 5.91 Å². The van der Waals surface area contributed by atoms with Gasteiger partial charge in [0.1, 0.15) is 5.76 Å². The van der Waals surface area contributed by atoms with Crippen LogP contribution in [-0.2, 0) is 19.5 Å². The summed E-state index contributed by atoms with van der Waals surface area (Å²) in [6.07, 6.45) is 2.96. The van der Waals surface area contributed by atoms with E-state index in [9.17, 15) is 4.79 Å². The van der Waals surface area contributed by atoms with E-state index in [1.807, 2.05) is 11.9 Å². The summed E-state index contributed by atoms with van der Waals surface area (Å²) in [7, 11) is 1.87. The molecule has 0 atom stereocenters. The van der Waals surface area contributed by atoms with Crippen LogP contribution >= 0.6 is 0 Å². The zero-order valence-electron chi connectivity index (χ0n) is 15.9. The zero-order chi connectivity index (χ0) is 18.3. The molecule has 2 aliphatic rings. The van der Waals surface area contributed by atoms with Gasteiger partial charge >= 0.3 is 5.91 Å². The second-order valence-corrected chi connectivity index (χ2v) is 7.92. The molecule has 0 radical (unpaired) electrons. The molecule has 0 spiro atoms. The molecule has 5 heteroatoms. The van der Waals surface area contributed by atoms with Gasteiger partial charge in [0, 0.05) is 39.1 Å². The number of oxazole rings is 1. The number of aryl methyl sites for hydroxylation is 1. The molecule has 138 valence electrons. The summed E-state index contributed by atoms with van der Waals surface area (Å²) in [5, 5.41) is 0. The Morgan fingerprint density at radius 3 is 2.85 bits per heavy atom. The Bertz CT molecular complexity index is 807. The average Bonchev–Trinajstić information content (AvgIpc) is 3.03. The summed E-state index contributed by atoms with van der Waals surface area (Å²) < 4.78 is 5.83. The minimum absolute atomic E-state index is 0.0817. The van der Waals surface area contributed by atoms with E-state index in [-0.39, 0.29) is 11.8 Å². The van der Waals surface area contributed by atoms with Crippen LogP contribution in [0.3, 0.4) is 0 Å². The quantitative estimate of drug-likeness (QED) is 0.845. The number of hydrogen-bond donors (Lipinski definition) is 0. The van der Waals surface area contributed by atoms with Crippen LogP contribution in [0.2, 0.25) is 0 Å². The molecule has 1 aliphatic heterocycles. The van der Waals surface area contributed by atoms with Gasteiger partial charge in [0.05, 0.1) is 5.69 Å². The van der Waals surface area contributed by atoms with Crippen molar-refractivity contribution in [2.75, 3.05) is 13.6 Å². The lowest BCUT2D eigenvalue weighted by Gasteiger charge is -2.38. The highest BCUT2D eigenvalue weighted by Crippen LogP contribution is 2.31. The van der Waals surface area contributed by atoms with Crippen molar-refractivity contribution in [1.29, 1.82) is 0 Å². The van der Waals surface area contributed by atoms with E-state index in [1.54, 1.807) is 0 Å². The first-order chi connectivity index (χ1) is 12.5. The Morgan fingerprint density at radius 1 is 1.35 bits per heavy atom. The van der Waals surface area contributed by atoms with Crippen molar-refractivity contribution in [2.45, 2.75) is 52.2 Å². The number of aromatic nitrogens is 1. The van der Waals surface area contributed by atoms with Gasteiger partial charge in [-0.15, -0.1) is 0 Å². The van der Waals surface area contributed by atoms with Crippen LogP contribution in [0.25, 0.3) is 0 Å². The third-order valence-corrected chi connectivity index (χ3v) is 5.86. The first-order valence-corrected chi connectivity index (χ1v) is 9.54. The van der Waals surface area contributed by atoms with Crippen molar-refractivity contribution in [2.24, 2.45) is 5.92 Å². The molecule has 5 nitrogen and oxygen atoms in total. The lowest BCUT2D eigenvalue weighted by Crippen LogP contribution is -2.44. The van der Waals surface area contributed by atoms with Crippen LogP contribution in [0.5, 0.6) is 0 Å². The van der Waals surface area contributed by atoms with Gasteiger partial charge in [-0.3, -0.25) is 9.69 Å². The number of hydrogen-bond acceptors (Lipinski definition) is 4. The lowest BCUT2D eigenvalue weighted by molar-refractivity contribution is 0.0531. The van der Waals surface area contributed by atoms with E-state index in [2.05, 4.69) is 48.0 Å². The average molecular weight is 353 g/mol. The molecule has 0 N–H and O–H groups in total. The van der Waals surface area contributed by atoms with Crippen LogP contribution in [0.1, 0.15) is 53.0 Å². The zero-order valence-corrected chi connectivity index (χ0v) is 15.9. The Balaban J connectivity index is 1.44. The molecule has 1 aliphatic carbocycles.